The van der Waals surface area contributed by atoms with Crippen molar-refractivity contribution >= 4 is 29.3 Å². The molecular formula is C16H14N2O3S. The molecule has 1 atom stereocenters. The van der Waals surface area contributed by atoms with Gasteiger partial charge in [0, 0.05) is 12.6 Å². The van der Waals surface area contributed by atoms with E-state index in [1.807, 2.05) is 18.2 Å². The molecule has 0 spiro atoms. The monoisotopic (exact) mass is 314 g/mol. The highest BCUT2D eigenvalue weighted by Crippen LogP contribution is 2.33. The molecular weight excluding hydrogens is 300 g/mol. The summed E-state index contributed by atoms with van der Waals surface area (Å²) in [5.41, 5.74) is 0.569. The minimum absolute atomic E-state index is 0.187. The lowest BCUT2D eigenvalue weighted by Gasteiger charge is -2.15. The van der Waals surface area contributed by atoms with E-state index in [2.05, 4.69) is 4.98 Å². The third-order valence-electron chi connectivity index (χ3n) is 3.34. The van der Waals surface area contributed by atoms with Crippen molar-refractivity contribution in [1.29, 1.82) is 0 Å². The molecule has 1 unspecified atom stereocenters. The topological polar surface area (TPSA) is 59.5 Å². The molecule has 0 radical (unpaired) electrons. The molecule has 1 aromatic carbocycles. The SMILES string of the molecule is COc1ccc(N2C(=O)CC(Sc3ccccn3)C2=O)cc1. The Morgan fingerprint density at radius 3 is 2.59 bits per heavy atom. The lowest BCUT2D eigenvalue weighted by Crippen LogP contribution is -2.31. The van der Waals surface area contributed by atoms with Crippen LogP contribution in [0.2, 0.25) is 0 Å². The molecule has 0 bridgehead atoms. The fourth-order valence-electron chi connectivity index (χ4n) is 2.26. The standard InChI is InChI=1S/C16H14N2O3S/c1-21-12-7-5-11(6-8-12)18-15(19)10-13(16(18)20)22-14-4-2-3-9-17-14/h2-9,13H,10H2,1H3. The molecule has 22 heavy (non-hydrogen) atoms. The lowest BCUT2D eigenvalue weighted by molar-refractivity contribution is -0.121. The summed E-state index contributed by atoms with van der Waals surface area (Å²) >= 11 is 1.32. The van der Waals surface area contributed by atoms with Crippen LogP contribution in [-0.2, 0) is 9.59 Å². The Kier molecular flexibility index (Phi) is 4.11. The van der Waals surface area contributed by atoms with Crippen molar-refractivity contribution in [2.24, 2.45) is 0 Å². The van der Waals surface area contributed by atoms with E-state index in [0.29, 0.717) is 11.4 Å². The first kappa shape index (κ1) is 14.6. The molecule has 0 saturated carbocycles. The second-order valence-corrected chi connectivity index (χ2v) is 5.97. The number of anilines is 1. The van der Waals surface area contributed by atoms with Crippen LogP contribution in [0.4, 0.5) is 5.69 Å². The Hall–Kier alpha value is -2.34. The van der Waals surface area contributed by atoms with Gasteiger partial charge in [0.15, 0.2) is 0 Å². The van der Waals surface area contributed by atoms with Crippen LogP contribution in [0.25, 0.3) is 0 Å². The minimum Gasteiger partial charge on any atom is -0.497 e. The number of hydrogen-bond acceptors (Lipinski definition) is 5. The summed E-state index contributed by atoms with van der Waals surface area (Å²) in [4.78, 5) is 30.1. The van der Waals surface area contributed by atoms with Crippen molar-refractivity contribution in [2.75, 3.05) is 12.0 Å². The van der Waals surface area contributed by atoms with Crippen molar-refractivity contribution < 1.29 is 14.3 Å². The van der Waals surface area contributed by atoms with Crippen LogP contribution < -0.4 is 9.64 Å². The van der Waals surface area contributed by atoms with E-state index in [4.69, 9.17) is 4.74 Å². The van der Waals surface area contributed by atoms with Crippen LogP contribution in [0.5, 0.6) is 5.75 Å². The van der Waals surface area contributed by atoms with Crippen LogP contribution in [-0.4, -0.2) is 29.2 Å². The number of carbonyl (C=O) groups is 2. The number of aromatic nitrogens is 1. The first-order valence-corrected chi connectivity index (χ1v) is 7.65. The van der Waals surface area contributed by atoms with Crippen LogP contribution >= 0.6 is 11.8 Å². The Labute approximate surface area is 132 Å². The smallest absolute Gasteiger partial charge is 0.247 e. The number of carbonyl (C=O) groups excluding carboxylic acids is 2. The zero-order valence-corrected chi connectivity index (χ0v) is 12.7. The maximum absolute atomic E-state index is 12.5. The average molecular weight is 314 g/mol. The normalized spacial score (nSPS) is 17.9. The van der Waals surface area contributed by atoms with Gasteiger partial charge < -0.3 is 4.74 Å². The van der Waals surface area contributed by atoms with Gasteiger partial charge in [0.05, 0.1) is 23.1 Å². The molecule has 1 aromatic heterocycles. The van der Waals surface area contributed by atoms with E-state index in [0.717, 1.165) is 5.03 Å². The summed E-state index contributed by atoms with van der Waals surface area (Å²) in [6.45, 7) is 0. The third kappa shape index (κ3) is 2.82. The largest absolute Gasteiger partial charge is 0.497 e. The van der Waals surface area contributed by atoms with Crippen molar-refractivity contribution in [3.8, 4) is 5.75 Å². The summed E-state index contributed by atoms with van der Waals surface area (Å²) < 4.78 is 5.08. The first-order valence-electron chi connectivity index (χ1n) is 6.77. The van der Waals surface area contributed by atoms with Crippen LogP contribution in [0, 0.1) is 0 Å². The van der Waals surface area contributed by atoms with Gasteiger partial charge in [0.25, 0.3) is 0 Å². The highest BCUT2D eigenvalue weighted by Gasteiger charge is 2.40. The quantitative estimate of drug-likeness (QED) is 0.812. The third-order valence-corrected chi connectivity index (χ3v) is 4.47. The number of hydrogen-bond donors (Lipinski definition) is 0. The second kappa shape index (κ2) is 6.19. The van der Waals surface area contributed by atoms with E-state index < -0.39 is 5.25 Å². The maximum Gasteiger partial charge on any atom is 0.247 e. The van der Waals surface area contributed by atoms with E-state index >= 15 is 0 Å². The summed E-state index contributed by atoms with van der Waals surface area (Å²) in [5, 5.41) is 0.315. The van der Waals surface area contributed by atoms with Gasteiger partial charge in [0.1, 0.15) is 5.75 Å². The number of pyridine rings is 1. The van der Waals surface area contributed by atoms with Gasteiger partial charge in [0.2, 0.25) is 11.8 Å². The lowest BCUT2D eigenvalue weighted by atomic mass is 10.3. The predicted octanol–water partition coefficient (Wildman–Crippen LogP) is 2.51. The molecule has 1 fully saturated rings. The van der Waals surface area contributed by atoms with E-state index in [-0.39, 0.29) is 18.2 Å². The molecule has 1 aliphatic heterocycles. The number of thioether (sulfide) groups is 1. The number of amides is 2. The molecule has 2 aromatic rings. The molecule has 3 rings (SSSR count). The second-order valence-electron chi connectivity index (χ2n) is 4.74. The molecule has 2 amide bonds. The molecule has 0 N–H and O–H groups in total. The Morgan fingerprint density at radius 2 is 1.95 bits per heavy atom. The Balaban J connectivity index is 1.79. The molecule has 1 aliphatic rings. The van der Waals surface area contributed by atoms with Gasteiger partial charge in [-0.15, -0.1) is 0 Å². The molecule has 6 heteroatoms. The average Bonchev–Trinajstić information content (AvgIpc) is 2.82. The van der Waals surface area contributed by atoms with Gasteiger partial charge in [-0.05, 0) is 36.4 Å². The van der Waals surface area contributed by atoms with E-state index in [1.165, 1.54) is 16.7 Å². The number of rotatable bonds is 4. The minimum atomic E-state index is -0.426. The highest BCUT2D eigenvalue weighted by molar-refractivity contribution is 8.00. The summed E-state index contributed by atoms with van der Waals surface area (Å²) in [5.74, 6) is 0.289. The molecule has 2 heterocycles. The van der Waals surface area contributed by atoms with Gasteiger partial charge in [-0.3, -0.25) is 9.59 Å². The number of benzene rings is 1. The van der Waals surface area contributed by atoms with Gasteiger partial charge >= 0.3 is 0 Å². The molecule has 112 valence electrons. The van der Waals surface area contributed by atoms with Crippen molar-refractivity contribution in [3.05, 3.63) is 48.7 Å². The van der Waals surface area contributed by atoms with Crippen LogP contribution in [0.1, 0.15) is 6.42 Å². The van der Waals surface area contributed by atoms with Gasteiger partial charge in [-0.2, -0.15) is 0 Å². The highest BCUT2D eigenvalue weighted by atomic mass is 32.2. The summed E-state index contributed by atoms with van der Waals surface area (Å²) in [6.07, 6.45) is 1.86. The predicted molar refractivity (Wildman–Crippen MR) is 84.0 cm³/mol. The fraction of sp³-hybridized carbons (Fsp3) is 0.188. The number of ether oxygens (including phenoxy) is 1. The van der Waals surface area contributed by atoms with E-state index in [9.17, 15) is 9.59 Å². The fourth-order valence-corrected chi connectivity index (χ4v) is 3.26. The Bertz CT molecular complexity index is 688. The van der Waals surface area contributed by atoms with Crippen molar-refractivity contribution in [2.45, 2.75) is 16.7 Å². The number of imide groups is 1. The first-order chi connectivity index (χ1) is 10.7. The van der Waals surface area contributed by atoms with Crippen molar-refractivity contribution in [3.63, 3.8) is 0 Å². The van der Waals surface area contributed by atoms with E-state index in [1.54, 1.807) is 37.6 Å². The number of nitrogens with zero attached hydrogens (tertiary/aromatic N) is 2. The van der Waals surface area contributed by atoms with Gasteiger partial charge in [-0.25, -0.2) is 9.88 Å². The Morgan fingerprint density at radius 1 is 1.18 bits per heavy atom. The van der Waals surface area contributed by atoms with Crippen LogP contribution in [0.3, 0.4) is 0 Å². The summed E-state index contributed by atoms with van der Waals surface area (Å²) in [6, 6.07) is 12.4. The maximum atomic E-state index is 12.5. The van der Waals surface area contributed by atoms with Crippen molar-refractivity contribution in [1.82, 2.24) is 4.98 Å². The van der Waals surface area contributed by atoms with Crippen LogP contribution in [0.15, 0.2) is 53.7 Å². The van der Waals surface area contributed by atoms with Gasteiger partial charge in [-0.1, -0.05) is 17.8 Å². The zero-order chi connectivity index (χ0) is 15.5. The zero-order valence-electron chi connectivity index (χ0n) is 11.9. The number of methoxy groups -OCH3 is 1. The molecule has 5 nitrogen and oxygen atoms in total. The summed E-state index contributed by atoms with van der Waals surface area (Å²) in [7, 11) is 1.57. The molecule has 0 aliphatic carbocycles. The molecule has 1 saturated heterocycles.